The van der Waals surface area contributed by atoms with Crippen LogP contribution in [0.4, 0.5) is 0 Å². The predicted molar refractivity (Wildman–Crippen MR) is 26.0 cm³/mol. The normalized spacial score (nSPS) is 0. The van der Waals surface area contributed by atoms with Gasteiger partial charge >= 0.3 is 0 Å². The Morgan fingerprint density at radius 3 is 0.333 bits per heavy atom. The summed E-state index contributed by atoms with van der Waals surface area (Å²) in [7, 11) is 0. The molecule has 0 atom stereocenters. The van der Waals surface area contributed by atoms with Gasteiger partial charge in [0.05, 0.1) is 0 Å². The number of hydrogen-bond donors (Lipinski definition) is 0. The minimum absolute atomic E-state index is 0. The third kappa shape index (κ3) is 50.3. The van der Waals surface area contributed by atoms with Crippen LogP contribution < -0.4 is 0 Å². The summed E-state index contributed by atoms with van der Waals surface area (Å²) in [6, 6.07) is 0. The van der Waals surface area contributed by atoms with E-state index in [1.807, 2.05) is 0 Å². The van der Waals surface area contributed by atoms with Crippen LogP contribution in [0.5, 0.6) is 0 Å². The van der Waals surface area contributed by atoms with Gasteiger partial charge in [-0.05, 0) is 0 Å². The van der Waals surface area contributed by atoms with Gasteiger partial charge in [0.1, 0.15) is 0 Å². The monoisotopic (exact) mass is 314 g/mol. The summed E-state index contributed by atoms with van der Waals surface area (Å²) in [5, 5.41) is 0. The summed E-state index contributed by atoms with van der Waals surface area (Å²) < 4.78 is 0. The van der Waals surface area contributed by atoms with E-state index in [0.717, 1.165) is 0 Å². The van der Waals surface area contributed by atoms with Crippen molar-refractivity contribution in [3.63, 3.8) is 0 Å². The Kier molecular flexibility index (Phi) is 2140. The molecule has 0 rings (SSSR count). The van der Waals surface area contributed by atoms with Gasteiger partial charge in [-0.25, -0.2) is 0 Å². The third-order valence-electron chi connectivity index (χ3n) is 0. The average molecular weight is 316 g/mol. The molecule has 0 aliphatic heterocycles. The SMILES string of the molecule is O.O.O.O.[Sb].[Sb]. The molecule has 0 amide bonds. The molecule has 0 unspecified atom stereocenters. The van der Waals surface area contributed by atoms with E-state index in [0.29, 0.717) is 0 Å². The molecule has 0 aromatic rings. The largest absolute Gasteiger partial charge is 0.412 e. The summed E-state index contributed by atoms with van der Waals surface area (Å²) in [6.45, 7) is 0. The molecule has 6 heavy (non-hydrogen) atoms. The summed E-state index contributed by atoms with van der Waals surface area (Å²) >= 11 is 0. The van der Waals surface area contributed by atoms with Gasteiger partial charge < -0.3 is 21.9 Å². The molecule has 42 valence electrons. The first kappa shape index (κ1) is 144. The Bertz CT molecular complexity index is 5.51. The molecule has 0 saturated carbocycles. The molecule has 6 heteroatoms. The van der Waals surface area contributed by atoms with Crippen molar-refractivity contribution >= 4 is 48.9 Å². The molecule has 0 bridgehead atoms. The zero-order chi connectivity index (χ0) is 0. The second kappa shape index (κ2) is 89.1. The first-order valence-electron chi connectivity index (χ1n) is 0. The van der Waals surface area contributed by atoms with Crippen molar-refractivity contribution in [3.05, 3.63) is 0 Å². The quantitative estimate of drug-likeness (QED) is 0.403. The molecule has 0 spiro atoms. The van der Waals surface area contributed by atoms with Gasteiger partial charge in [0.2, 0.25) is 0 Å². The maximum atomic E-state index is 0. The van der Waals surface area contributed by atoms with E-state index in [1.165, 1.54) is 0 Å². The maximum Gasteiger partial charge on any atom is 0 e. The van der Waals surface area contributed by atoms with Crippen LogP contribution in [0.2, 0.25) is 0 Å². The van der Waals surface area contributed by atoms with Gasteiger partial charge in [-0.2, -0.15) is 0 Å². The molecule has 0 heterocycles. The summed E-state index contributed by atoms with van der Waals surface area (Å²) in [5.41, 5.74) is 0. The van der Waals surface area contributed by atoms with Crippen LogP contribution in [0.15, 0.2) is 0 Å². The Morgan fingerprint density at radius 1 is 0.333 bits per heavy atom. The van der Waals surface area contributed by atoms with Crippen LogP contribution in [0.1, 0.15) is 0 Å². The van der Waals surface area contributed by atoms with Crippen molar-refractivity contribution in [1.82, 2.24) is 0 Å². The Labute approximate surface area is 70.4 Å². The molecule has 0 saturated heterocycles. The third-order valence-corrected chi connectivity index (χ3v) is 0. The van der Waals surface area contributed by atoms with E-state index in [9.17, 15) is 0 Å². The van der Waals surface area contributed by atoms with Crippen molar-refractivity contribution in [2.45, 2.75) is 0 Å². The van der Waals surface area contributed by atoms with Gasteiger partial charge in [0.15, 0.2) is 0 Å². The van der Waals surface area contributed by atoms with Gasteiger partial charge in [-0.1, -0.05) is 0 Å². The fourth-order valence-electron chi connectivity index (χ4n) is 0. The van der Waals surface area contributed by atoms with Crippen molar-refractivity contribution in [2.75, 3.05) is 0 Å². The fraction of sp³-hybridized carbons (Fsp3) is 0. The molecule has 0 aromatic heterocycles. The van der Waals surface area contributed by atoms with Crippen LogP contribution >= 0.6 is 0 Å². The summed E-state index contributed by atoms with van der Waals surface area (Å²) in [5.74, 6) is 0. The summed E-state index contributed by atoms with van der Waals surface area (Å²) in [6.07, 6.45) is 0. The van der Waals surface area contributed by atoms with Crippen molar-refractivity contribution in [1.29, 1.82) is 0 Å². The average Bonchev–Trinajstić information content (AvgIpc) is 0. The zero-order valence-corrected chi connectivity index (χ0v) is 8.00. The fourth-order valence-corrected chi connectivity index (χ4v) is 0. The molecule has 4 nitrogen and oxygen atoms in total. The molecule has 6 radical (unpaired) electrons. The van der Waals surface area contributed by atoms with Crippen LogP contribution in [-0.2, 0) is 0 Å². The minimum Gasteiger partial charge on any atom is -0.412 e. The molecule has 0 aliphatic carbocycles. The van der Waals surface area contributed by atoms with Gasteiger partial charge in [-0.3, -0.25) is 0 Å². The van der Waals surface area contributed by atoms with E-state index in [2.05, 4.69) is 0 Å². The smallest absolute Gasteiger partial charge is 0 e. The van der Waals surface area contributed by atoms with Crippen LogP contribution in [0, 0.1) is 0 Å². The standard InChI is InChI=1S/4H2O.2Sb/h4*1H2;;. The maximum absolute atomic E-state index is 0. The van der Waals surface area contributed by atoms with Crippen molar-refractivity contribution in [2.24, 2.45) is 0 Å². The number of hydrogen-bond acceptors (Lipinski definition) is 0. The van der Waals surface area contributed by atoms with Gasteiger partial charge in [-0.15, -0.1) is 0 Å². The molecular weight excluding hydrogens is 308 g/mol. The molecule has 0 fully saturated rings. The van der Waals surface area contributed by atoms with Crippen LogP contribution in [-0.4, -0.2) is 70.8 Å². The van der Waals surface area contributed by atoms with Gasteiger partial charge in [0.25, 0.3) is 0 Å². The Morgan fingerprint density at radius 2 is 0.333 bits per heavy atom. The number of rotatable bonds is 0. The zero-order valence-electron chi connectivity index (χ0n) is 2.89. The van der Waals surface area contributed by atoms with E-state index in [1.54, 1.807) is 0 Å². The molecule has 0 aliphatic rings. The topological polar surface area (TPSA) is 126 Å². The molecular formula is H8O4Sb2. The molecule has 0 aromatic carbocycles. The van der Waals surface area contributed by atoms with E-state index in [-0.39, 0.29) is 70.8 Å². The van der Waals surface area contributed by atoms with Crippen molar-refractivity contribution in [3.8, 4) is 0 Å². The molecule has 8 N–H and O–H groups in total. The van der Waals surface area contributed by atoms with Crippen LogP contribution in [0.25, 0.3) is 0 Å². The second-order valence-electron chi connectivity index (χ2n) is 0. The van der Waals surface area contributed by atoms with E-state index in [4.69, 9.17) is 0 Å². The summed E-state index contributed by atoms with van der Waals surface area (Å²) in [4.78, 5) is 0. The van der Waals surface area contributed by atoms with E-state index < -0.39 is 0 Å². The van der Waals surface area contributed by atoms with Crippen LogP contribution in [0.3, 0.4) is 0 Å². The predicted octanol–water partition coefficient (Wildman–Crippen LogP) is -4.06. The van der Waals surface area contributed by atoms with Gasteiger partial charge in [0, 0.05) is 48.9 Å². The van der Waals surface area contributed by atoms with E-state index >= 15 is 0 Å². The first-order chi connectivity index (χ1) is 0. The van der Waals surface area contributed by atoms with Crippen molar-refractivity contribution < 1.29 is 21.9 Å². The Balaban J connectivity index is 0. The minimum atomic E-state index is 0. The Hall–Kier alpha value is 1.48. The first-order valence-corrected chi connectivity index (χ1v) is 0. The second-order valence-corrected chi connectivity index (χ2v) is 0.